The zero-order chi connectivity index (χ0) is 22.0. The Hall–Kier alpha value is -1.11. The summed E-state index contributed by atoms with van der Waals surface area (Å²) in [4.78, 5) is 44.8. The normalized spacial score (nSPS) is 28.0. The molecule has 0 spiro atoms. The van der Waals surface area contributed by atoms with Gasteiger partial charge in [0.25, 0.3) is 5.91 Å². The largest absolute Gasteiger partial charge is 1.00 e. The van der Waals surface area contributed by atoms with Gasteiger partial charge in [0, 0.05) is 40.6 Å². The molecule has 4 aliphatic rings. The van der Waals surface area contributed by atoms with E-state index in [2.05, 4.69) is 15.2 Å². The van der Waals surface area contributed by atoms with E-state index in [0.29, 0.717) is 23.7 Å². The number of rotatable bonds is 7. The Labute approximate surface area is 215 Å². The van der Waals surface area contributed by atoms with Gasteiger partial charge in [-0.1, -0.05) is 6.92 Å². The van der Waals surface area contributed by atoms with Crippen LogP contribution in [0.4, 0.5) is 5.13 Å². The molecule has 12 heteroatoms. The number of hydrogen-bond acceptors (Lipinski definition) is 9. The Balaban J connectivity index is 0.00000245. The second-order valence-electron chi connectivity index (χ2n) is 8.66. The van der Waals surface area contributed by atoms with E-state index in [-0.39, 0.29) is 70.3 Å². The number of amides is 2. The van der Waals surface area contributed by atoms with Gasteiger partial charge in [-0.25, -0.2) is 4.98 Å². The van der Waals surface area contributed by atoms with Crippen LogP contribution in [0.2, 0.25) is 0 Å². The van der Waals surface area contributed by atoms with Crippen molar-refractivity contribution in [3.05, 3.63) is 21.7 Å². The number of thioether (sulfide) groups is 1. The quantitative estimate of drug-likeness (QED) is 0.305. The predicted octanol–water partition coefficient (Wildman–Crippen LogP) is -3.22. The summed E-state index contributed by atoms with van der Waals surface area (Å²) in [5.74, 6) is -2.58. The fourth-order valence-corrected chi connectivity index (χ4v) is 6.86. The molecule has 2 saturated heterocycles. The van der Waals surface area contributed by atoms with Crippen LogP contribution in [-0.2, 0) is 9.59 Å². The summed E-state index contributed by atoms with van der Waals surface area (Å²) in [6, 6.07) is -0.0426. The Morgan fingerprint density at radius 1 is 1.38 bits per heavy atom. The van der Waals surface area contributed by atoms with Crippen molar-refractivity contribution in [1.29, 1.82) is 0 Å². The van der Waals surface area contributed by atoms with Crippen LogP contribution in [-0.4, -0.2) is 69.3 Å². The van der Waals surface area contributed by atoms with Crippen molar-refractivity contribution < 1.29 is 54.2 Å². The molecule has 9 nitrogen and oxygen atoms in total. The molecule has 3 fully saturated rings. The molecule has 5 rings (SSSR count). The van der Waals surface area contributed by atoms with Crippen molar-refractivity contribution >= 4 is 46.0 Å². The first kappa shape index (κ1) is 24.0. The number of nitrogens with zero attached hydrogens (tertiary/aromatic N) is 3. The average Bonchev–Trinajstić information content (AvgIpc) is 3.27. The second-order valence-corrected chi connectivity index (χ2v) is 10.8. The molecule has 2 N–H and O–H groups in total. The molecule has 0 aromatic carbocycles. The third kappa shape index (κ3) is 4.01. The third-order valence-corrected chi connectivity index (χ3v) is 8.70. The van der Waals surface area contributed by atoms with Gasteiger partial charge in [-0.3, -0.25) is 9.59 Å². The number of aliphatic hydroxyl groups is 1. The molecule has 4 atom stereocenters. The molecule has 3 aliphatic heterocycles. The molecular weight excluding hydrogens is 463 g/mol. The van der Waals surface area contributed by atoms with Gasteiger partial charge in [0.2, 0.25) is 5.91 Å². The van der Waals surface area contributed by atoms with Crippen molar-refractivity contribution in [2.45, 2.75) is 50.1 Å². The SMILES string of the molecule is C[C@@H](O)C1C(=O)N2C(C(=O)[O-])=C(SC3CN(c4nc(C(=O)NC5CC5)cs4)C3)[C@H](C)C12.[Na+]. The Kier molecular flexibility index (Phi) is 6.70. The minimum atomic E-state index is -1.35. The van der Waals surface area contributed by atoms with E-state index in [9.17, 15) is 24.6 Å². The van der Waals surface area contributed by atoms with Gasteiger partial charge in [0.05, 0.1) is 29.7 Å². The minimum absolute atomic E-state index is 0. The van der Waals surface area contributed by atoms with E-state index < -0.39 is 18.0 Å². The molecule has 2 amide bonds. The van der Waals surface area contributed by atoms with Gasteiger partial charge in [-0.2, -0.15) is 0 Å². The van der Waals surface area contributed by atoms with Crippen LogP contribution in [0, 0.1) is 11.8 Å². The van der Waals surface area contributed by atoms with Crippen molar-refractivity contribution in [2.75, 3.05) is 18.0 Å². The van der Waals surface area contributed by atoms with Crippen LogP contribution in [0.15, 0.2) is 16.0 Å². The Morgan fingerprint density at radius 3 is 2.66 bits per heavy atom. The van der Waals surface area contributed by atoms with E-state index in [0.717, 1.165) is 18.0 Å². The van der Waals surface area contributed by atoms with Crippen LogP contribution in [0.1, 0.15) is 37.2 Å². The molecule has 32 heavy (non-hydrogen) atoms. The van der Waals surface area contributed by atoms with Crippen molar-refractivity contribution in [3.8, 4) is 0 Å². The fraction of sp³-hybridized carbons (Fsp3) is 0.600. The summed E-state index contributed by atoms with van der Waals surface area (Å²) in [5.41, 5.74) is 0.387. The third-order valence-electron chi connectivity index (χ3n) is 6.35. The monoisotopic (exact) mass is 486 g/mol. The molecule has 0 bridgehead atoms. The number of fused-ring (bicyclic) bond motifs is 1. The molecule has 4 heterocycles. The molecule has 0 radical (unpaired) electrons. The Bertz CT molecular complexity index is 988. The van der Waals surface area contributed by atoms with E-state index in [4.69, 9.17) is 0 Å². The maximum atomic E-state index is 12.4. The zero-order valence-corrected chi connectivity index (χ0v) is 21.7. The van der Waals surface area contributed by atoms with E-state index in [1.54, 1.807) is 12.3 Å². The number of carbonyl (C=O) groups excluding carboxylic acids is 3. The smallest absolute Gasteiger partial charge is 0.543 e. The summed E-state index contributed by atoms with van der Waals surface area (Å²) in [6.07, 6.45) is 1.23. The number of carboxylic acids is 1. The summed E-state index contributed by atoms with van der Waals surface area (Å²) in [6.45, 7) is 4.82. The fourth-order valence-electron chi connectivity index (χ4n) is 4.52. The maximum absolute atomic E-state index is 12.4. The van der Waals surface area contributed by atoms with E-state index in [1.165, 1.54) is 28.0 Å². The van der Waals surface area contributed by atoms with Crippen molar-refractivity contribution in [3.63, 3.8) is 0 Å². The number of anilines is 1. The first-order valence-electron chi connectivity index (χ1n) is 10.4. The molecule has 1 aromatic heterocycles. The molecular formula is C20H23N4NaO5S2. The summed E-state index contributed by atoms with van der Waals surface area (Å²) in [5, 5.41) is 27.3. The number of nitrogens with one attached hydrogen (secondary N) is 1. The number of aliphatic carboxylic acids is 1. The zero-order valence-electron chi connectivity index (χ0n) is 18.1. The summed E-state index contributed by atoms with van der Waals surface area (Å²) in [7, 11) is 0. The van der Waals surface area contributed by atoms with Crippen LogP contribution >= 0.6 is 23.1 Å². The first-order valence-corrected chi connectivity index (χ1v) is 12.2. The van der Waals surface area contributed by atoms with Gasteiger partial charge >= 0.3 is 29.6 Å². The van der Waals surface area contributed by atoms with Gasteiger partial charge in [-0.05, 0) is 19.8 Å². The van der Waals surface area contributed by atoms with Gasteiger partial charge < -0.3 is 30.1 Å². The van der Waals surface area contributed by atoms with Gasteiger partial charge in [0.1, 0.15) is 5.69 Å². The van der Waals surface area contributed by atoms with Gasteiger partial charge in [-0.15, -0.1) is 23.1 Å². The molecule has 1 saturated carbocycles. The average molecular weight is 487 g/mol. The second kappa shape index (κ2) is 8.92. The number of β-lactam (4-membered cyclic amide) rings is 1. The van der Waals surface area contributed by atoms with Crippen LogP contribution < -0.4 is 44.9 Å². The van der Waals surface area contributed by atoms with Crippen molar-refractivity contribution in [1.82, 2.24) is 15.2 Å². The molecule has 166 valence electrons. The number of thiazole rings is 1. The standard InChI is InChI=1S/C20H24N4O5S2.Na/c1-8-14-13(9(2)25)18(27)24(14)15(19(28)29)16(8)31-11-5-23(6-11)20-22-12(7-30-20)17(26)21-10-3-4-10;/h7-11,13-14,25H,3-6H2,1-2H3,(H,21,26)(H,28,29);/q;+1/p-1/t8-,9-,13?,14?;/m1./s1. The van der Waals surface area contributed by atoms with Crippen molar-refractivity contribution in [2.24, 2.45) is 11.8 Å². The molecule has 1 aromatic rings. The molecule has 1 aliphatic carbocycles. The summed E-state index contributed by atoms with van der Waals surface area (Å²) < 4.78 is 0. The maximum Gasteiger partial charge on any atom is 1.00 e. The number of hydrogen-bond donors (Lipinski definition) is 2. The van der Waals surface area contributed by atoms with Crippen LogP contribution in [0.3, 0.4) is 0 Å². The number of carbonyl (C=O) groups is 3. The van der Waals surface area contributed by atoms with Gasteiger partial charge in [0.15, 0.2) is 5.13 Å². The van der Waals surface area contributed by atoms with Crippen LogP contribution in [0.25, 0.3) is 0 Å². The molecule has 2 unspecified atom stereocenters. The number of carboxylic acid groups (broad SMARTS) is 1. The van der Waals surface area contributed by atoms with E-state index in [1.807, 2.05) is 6.92 Å². The Morgan fingerprint density at radius 2 is 2.06 bits per heavy atom. The number of aliphatic hydroxyl groups excluding tert-OH is 1. The van der Waals surface area contributed by atoms with Crippen LogP contribution in [0.5, 0.6) is 0 Å². The first-order chi connectivity index (χ1) is 14.8. The summed E-state index contributed by atoms with van der Waals surface area (Å²) >= 11 is 2.89. The number of aromatic nitrogens is 1. The topological polar surface area (TPSA) is 126 Å². The predicted molar refractivity (Wildman–Crippen MR) is 113 cm³/mol. The minimum Gasteiger partial charge on any atom is -0.543 e. The van der Waals surface area contributed by atoms with E-state index >= 15 is 0 Å².